The number of carbonyl (C=O) groups excluding carboxylic acids is 2. The lowest BCUT2D eigenvalue weighted by Gasteiger charge is -2.12. The zero-order chi connectivity index (χ0) is 11.0. The van der Waals surface area contributed by atoms with E-state index < -0.39 is 5.12 Å². The minimum Gasteiger partial charge on any atom is -0.456 e. The molecule has 0 aromatic heterocycles. The van der Waals surface area contributed by atoms with Gasteiger partial charge in [-0.1, -0.05) is 26.7 Å². The van der Waals surface area contributed by atoms with Gasteiger partial charge >= 0.3 is 5.97 Å². The summed E-state index contributed by atoms with van der Waals surface area (Å²) in [4.78, 5) is 21.8. The van der Waals surface area contributed by atoms with Crippen LogP contribution in [0.4, 0.5) is 0 Å². The highest BCUT2D eigenvalue weighted by Gasteiger charge is 2.17. The molecule has 0 rings (SSSR count). The fraction of sp³-hybridized carbons (Fsp3) is 0.800. The third-order valence-corrected chi connectivity index (χ3v) is 2.20. The molecule has 82 valence electrons. The molecule has 0 N–H and O–H groups in total. The van der Waals surface area contributed by atoms with Crippen molar-refractivity contribution >= 4 is 23.7 Å². The van der Waals surface area contributed by atoms with Crippen LogP contribution in [0.15, 0.2) is 0 Å². The van der Waals surface area contributed by atoms with E-state index >= 15 is 0 Å². The summed E-state index contributed by atoms with van der Waals surface area (Å²) in [5, 5.41) is -0.413. The summed E-state index contributed by atoms with van der Waals surface area (Å²) in [7, 11) is 0. The van der Waals surface area contributed by atoms with Gasteiger partial charge in [-0.25, -0.2) is 0 Å². The molecule has 0 saturated carbocycles. The SMILES string of the molecule is CCCCC(CC)C(=O)OCC(=O)S. The van der Waals surface area contributed by atoms with E-state index in [1.807, 2.05) is 6.92 Å². The van der Waals surface area contributed by atoms with Gasteiger partial charge in [0.2, 0.25) is 5.12 Å². The number of hydrogen-bond acceptors (Lipinski definition) is 3. The average Bonchev–Trinajstić information content (AvgIpc) is 2.16. The number of esters is 1. The summed E-state index contributed by atoms with van der Waals surface area (Å²) in [6, 6.07) is 0. The van der Waals surface area contributed by atoms with Crippen molar-refractivity contribution in [1.82, 2.24) is 0 Å². The molecule has 0 amide bonds. The Morgan fingerprint density at radius 2 is 2.00 bits per heavy atom. The highest BCUT2D eigenvalue weighted by atomic mass is 32.1. The predicted molar refractivity (Wildman–Crippen MR) is 58.3 cm³/mol. The molecular formula is C10H18O3S. The first-order valence-electron chi connectivity index (χ1n) is 5.00. The molecule has 4 heteroatoms. The van der Waals surface area contributed by atoms with Gasteiger partial charge < -0.3 is 4.74 Å². The van der Waals surface area contributed by atoms with Gasteiger partial charge in [-0.15, -0.1) is 12.6 Å². The number of hydrogen-bond donors (Lipinski definition) is 1. The fourth-order valence-corrected chi connectivity index (χ4v) is 1.25. The molecule has 0 aromatic carbocycles. The third kappa shape index (κ3) is 6.02. The minimum absolute atomic E-state index is 0.0670. The average molecular weight is 218 g/mol. The van der Waals surface area contributed by atoms with Crippen LogP contribution in [-0.4, -0.2) is 17.7 Å². The summed E-state index contributed by atoms with van der Waals surface area (Å²) in [5.74, 6) is -0.342. The molecule has 0 aliphatic carbocycles. The van der Waals surface area contributed by atoms with E-state index in [2.05, 4.69) is 19.6 Å². The van der Waals surface area contributed by atoms with Gasteiger partial charge in [0.25, 0.3) is 0 Å². The molecule has 0 aliphatic heterocycles. The van der Waals surface area contributed by atoms with Gasteiger partial charge in [-0.3, -0.25) is 9.59 Å². The van der Waals surface area contributed by atoms with E-state index in [0.29, 0.717) is 0 Å². The lowest BCUT2D eigenvalue weighted by atomic mass is 10.00. The number of unbranched alkanes of at least 4 members (excludes halogenated alkanes) is 1. The smallest absolute Gasteiger partial charge is 0.309 e. The van der Waals surface area contributed by atoms with Crippen LogP contribution in [0.5, 0.6) is 0 Å². The van der Waals surface area contributed by atoms with E-state index in [1.54, 1.807) is 0 Å². The highest BCUT2D eigenvalue weighted by Crippen LogP contribution is 2.14. The molecule has 0 radical (unpaired) electrons. The maximum atomic E-state index is 11.4. The lowest BCUT2D eigenvalue weighted by Crippen LogP contribution is -2.19. The first kappa shape index (κ1) is 13.5. The number of ether oxygens (including phenoxy) is 1. The van der Waals surface area contributed by atoms with Crippen LogP contribution in [-0.2, 0) is 14.3 Å². The van der Waals surface area contributed by atoms with Crippen LogP contribution in [0.1, 0.15) is 39.5 Å². The topological polar surface area (TPSA) is 43.4 Å². The van der Waals surface area contributed by atoms with Crippen molar-refractivity contribution in [3.63, 3.8) is 0 Å². The van der Waals surface area contributed by atoms with Crippen LogP contribution in [0, 0.1) is 5.92 Å². The van der Waals surface area contributed by atoms with Gasteiger partial charge in [0.15, 0.2) is 6.61 Å². The summed E-state index contributed by atoms with van der Waals surface area (Å²) < 4.78 is 4.79. The molecule has 14 heavy (non-hydrogen) atoms. The molecule has 0 aromatic rings. The van der Waals surface area contributed by atoms with Crippen molar-refractivity contribution < 1.29 is 14.3 Å². The van der Waals surface area contributed by atoms with Crippen molar-refractivity contribution in [3.8, 4) is 0 Å². The Balaban J connectivity index is 3.85. The highest BCUT2D eigenvalue weighted by molar-refractivity contribution is 7.96. The molecule has 0 fully saturated rings. The quantitative estimate of drug-likeness (QED) is 0.526. The Hall–Kier alpha value is -0.510. The van der Waals surface area contributed by atoms with Crippen molar-refractivity contribution in [1.29, 1.82) is 0 Å². The van der Waals surface area contributed by atoms with Crippen LogP contribution < -0.4 is 0 Å². The Kier molecular flexibility index (Phi) is 7.57. The Morgan fingerprint density at radius 3 is 2.43 bits per heavy atom. The zero-order valence-corrected chi connectivity index (χ0v) is 9.68. The van der Waals surface area contributed by atoms with Crippen molar-refractivity contribution in [2.45, 2.75) is 39.5 Å². The third-order valence-electron chi connectivity index (χ3n) is 2.07. The Morgan fingerprint density at radius 1 is 1.36 bits per heavy atom. The van der Waals surface area contributed by atoms with E-state index in [9.17, 15) is 9.59 Å². The van der Waals surface area contributed by atoms with Gasteiger partial charge in [0.05, 0.1) is 5.92 Å². The fourth-order valence-electron chi connectivity index (χ4n) is 1.19. The van der Waals surface area contributed by atoms with Crippen LogP contribution >= 0.6 is 12.6 Å². The summed E-state index contributed by atoms with van der Waals surface area (Å²) >= 11 is 3.52. The first-order valence-corrected chi connectivity index (χ1v) is 5.44. The summed E-state index contributed by atoms with van der Waals surface area (Å²) in [5.41, 5.74) is 0. The number of carbonyl (C=O) groups is 2. The van der Waals surface area contributed by atoms with E-state index in [0.717, 1.165) is 25.7 Å². The molecule has 1 atom stereocenters. The van der Waals surface area contributed by atoms with Crippen LogP contribution in [0.2, 0.25) is 0 Å². The van der Waals surface area contributed by atoms with Gasteiger partial charge in [0, 0.05) is 0 Å². The predicted octanol–water partition coefficient (Wildman–Crippen LogP) is 2.20. The van der Waals surface area contributed by atoms with E-state index in [-0.39, 0.29) is 18.5 Å². The summed E-state index contributed by atoms with van der Waals surface area (Å²) in [6.45, 7) is 3.81. The molecule has 0 saturated heterocycles. The summed E-state index contributed by atoms with van der Waals surface area (Å²) in [6.07, 6.45) is 3.68. The van der Waals surface area contributed by atoms with Gasteiger partial charge in [-0.05, 0) is 12.8 Å². The second-order valence-electron chi connectivity index (χ2n) is 3.25. The second kappa shape index (κ2) is 7.85. The maximum Gasteiger partial charge on any atom is 0.309 e. The van der Waals surface area contributed by atoms with Crippen molar-refractivity contribution in [2.75, 3.05) is 6.61 Å². The molecule has 0 aliphatic rings. The molecule has 0 spiro atoms. The molecule has 1 unspecified atom stereocenters. The second-order valence-corrected chi connectivity index (χ2v) is 3.75. The Bertz CT molecular complexity index is 192. The molecule has 3 nitrogen and oxygen atoms in total. The normalized spacial score (nSPS) is 12.2. The van der Waals surface area contributed by atoms with Crippen LogP contribution in [0.25, 0.3) is 0 Å². The standard InChI is InChI=1S/C10H18O3S/c1-3-5-6-8(4-2)10(12)13-7-9(11)14/h8H,3-7H2,1-2H3,(H,11,14). The number of rotatable bonds is 7. The van der Waals surface area contributed by atoms with Crippen LogP contribution in [0.3, 0.4) is 0 Å². The minimum atomic E-state index is -0.413. The van der Waals surface area contributed by atoms with Crippen molar-refractivity contribution in [2.24, 2.45) is 5.92 Å². The molecule has 0 bridgehead atoms. The molecule has 0 heterocycles. The zero-order valence-electron chi connectivity index (χ0n) is 8.78. The van der Waals surface area contributed by atoms with Gasteiger partial charge in [-0.2, -0.15) is 0 Å². The molecular weight excluding hydrogens is 200 g/mol. The van der Waals surface area contributed by atoms with Crippen molar-refractivity contribution in [3.05, 3.63) is 0 Å². The Labute approximate surface area is 90.6 Å². The van der Waals surface area contributed by atoms with Gasteiger partial charge in [0.1, 0.15) is 0 Å². The maximum absolute atomic E-state index is 11.4. The first-order chi connectivity index (χ1) is 6.61. The van der Waals surface area contributed by atoms with E-state index in [4.69, 9.17) is 4.74 Å². The lowest BCUT2D eigenvalue weighted by molar-refractivity contribution is -0.151. The largest absolute Gasteiger partial charge is 0.456 e. The van der Waals surface area contributed by atoms with E-state index in [1.165, 1.54) is 0 Å². The number of thiol groups is 1. The monoisotopic (exact) mass is 218 g/mol.